The monoisotopic (exact) mass is 770 g/mol. The minimum absolute atomic E-state index is 0.0963. The van der Waals surface area contributed by atoms with Crippen molar-refractivity contribution in [2.75, 3.05) is 13.1 Å². The van der Waals surface area contributed by atoms with Gasteiger partial charge < -0.3 is 29.7 Å². The molecule has 10 nitrogen and oxygen atoms in total. The Kier molecular flexibility index (Phi) is 10.5. The molecule has 0 saturated carbocycles. The number of benzene rings is 4. The van der Waals surface area contributed by atoms with Crippen LogP contribution in [0.3, 0.4) is 0 Å². The van der Waals surface area contributed by atoms with Crippen LogP contribution in [0.15, 0.2) is 143 Å². The van der Waals surface area contributed by atoms with Crippen LogP contribution >= 0.6 is 0 Å². The van der Waals surface area contributed by atoms with Gasteiger partial charge in [-0.2, -0.15) is 0 Å². The molecule has 10 rings (SSSR count). The maximum absolute atomic E-state index is 12.8. The number of nitrogens with zero attached hydrogens (tertiary/aromatic N) is 3. The molecule has 0 atom stereocenters. The van der Waals surface area contributed by atoms with E-state index >= 15 is 0 Å². The first-order valence-corrected chi connectivity index (χ1v) is 20.0. The second-order valence-corrected chi connectivity index (χ2v) is 14.7. The van der Waals surface area contributed by atoms with E-state index in [9.17, 15) is 9.59 Å². The van der Waals surface area contributed by atoms with Crippen molar-refractivity contribution < 1.29 is 9.47 Å². The van der Waals surface area contributed by atoms with Crippen molar-refractivity contribution in [2.45, 2.75) is 52.6 Å². The quantitative estimate of drug-likeness (QED) is 0.140. The van der Waals surface area contributed by atoms with Gasteiger partial charge in [0.05, 0.1) is 16.9 Å². The molecule has 0 unspecified atom stereocenters. The lowest BCUT2D eigenvalue weighted by atomic mass is 10.1. The van der Waals surface area contributed by atoms with Gasteiger partial charge in [0.25, 0.3) is 11.1 Å². The number of H-pyrrole nitrogens is 1. The molecule has 0 amide bonds. The Labute approximate surface area is 336 Å². The van der Waals surface area contributed by atoms with Crippen LogP contribution in [0.2, 0.25) is 0 Å². The number of hydrogen-bond donors (Lipinski definition) is 3. The van der Waals surface area contributed by atoms with Crippen molar-refractivity contribution in [3.8, 4) is 22.9 Å². The Morgan fingerprint density at radius 1 is 0.603 bits per heavy atom. The van der Waals surface area contributed by atoms with E-state index in [4.69, 9.17) is 9.47 Å². The molecule has 292 valence electrons. The number of aromatic amines is 1. The first kappa shape index (κ1) is 37.0. The average molecular weight is 771 g/mol. The number of aryl methyl sites for hydroxylation is 1. The number of fused-ring (bicyclic) bond motifs is 6. The lowest BCUT2D eigenvalue weighted by molar-refractivity contribution is 0.305. The van der Waals surface area contributed by atoms with Gasteiger partial charge in [0.2, 0.25) is 0 Å². The Hall–Kier alpha value is -6.62. The molecule has 10 heteroatoms. The molecular weight excluding hydrogens is 725 g/mol. The highest BCUT2D eigenvalue weighted by Crippen LogP contribution is 2.31. The summed E-state index contributed by atoms with van der Waals surface area (Å²) < 4.78 is 17.3. The van der Waals surface area contributed by atoms with Crippen LogP contribution in [0.4, 0.5) is 0 Å². The Bertz CT molecular complexity index is 2840. The summed E-state index contributed by atoms with van der Waals surface area (Å²) in [5, 5.41) is 9.39. The highest BCUT2D eigenvalue weighted by atomic mass is 16.5. The number of nitrogens with one attached hydrogen (secondary N) is 3. The van der Waals surface area contributed by atoms with Gasteiger partial charge in [0, 0.05) is 97.8 Å². The van der Waals surface area contributed by atoms with Crippen molar-refractivity contribution in [3.05, 3.63) is 188 Å². The van der Waals surface area contributed by atoms with E-state index in [2.05, 4.69) is 45.3 Å². The molecular formula is C48H46N6O4. The summed E-state index contributed by atoms with van der Waals surface area (Å²) >= 11 is 0. The van der Waals surface area contributed by atoms with Gasteiger partial charge >= 0.3 is 0 Å². The number of aromatic nitrogens is 4. The molecule has 0 bridgehead atoms. The molecule has 4 aromatic heterocycles. The first-order chi connectivity index (χ1) is 28.5. The van der Waals surface area contributed by atoms with Crippen molar-refractivity contribution in [3.63, 3.8) is 0 Å². The largest absolute Gasteiger partial charge is 0.489 e. The Morgan fingerprint density at radius 2 is 1.17 bits per heavy atom. The lowest BCUT2D eigenvalue weighted by Crippen LogP contribution is -2.24. The second kappa shape index (κ2) is 16.5. The molecule has 0 fully saturated rings. The predicted molar refractivity (Wildman–Crippen MR) is 229 cm³/mol. The fourth-order valence-electron chi connectivity index (χ4n) is 8.18. The summed E-state index contributed by atoms with van der Waals surface area (Å²) in [5.74, 6) is 1.16. The molecule has 2 aliphatic heterocycles. The second-order valence-electron chi connectivity index (χ2n) is 14.7. The summed E-state index contributed by atoms with van der Waals surface area (Å²) in [4.78, 5) is 29.0. The molecule has 0 radical (unpaired) electrons. The van der Waals surface area contributed by atoms with Crippen molar-refractivity contribution >= 4 is 21.8 Å². The van der Waals surface area contributed by atoms with Gasteiger partial charge in [-0.1, -0.05) is 72.8 Å². The van der Waals surface area contributed by atoms with Crippen molar-refractivity contribution in [2.24, 2.45) is 0 Å². The van der Waals surface area contributed by atoms with E-state index < -0.39 is 0 Å². The molecule has 58 heavy (non-hydrogen) atoms. The molecule has 4 aromatic carbocycles. The third-order valence-corrected chi connectivity index (χ3v) is 11.1. The van der Waals surface area contributed by atoms with Crippen LogP contribution in [-0.4, -0.2) is 31.8 Å². The smallest absolute Gasteiger partial charge is 0.258 e. The minimum Gasteiger partial charge on any atom is -0.489 e. The summed E-state index contributed by atoms with van der Waals surface area (Å²) in [7, 11) is 0. The van der Waals surface area contributed by atoms with Crippen LogP contribution in [0.5, 0.6) is 11.5 Å². The zero-order valence-corrected chi connectivity index (χ0v) is 32.5. The highest BCUT2D eigenvalue weighted by molar-refractivity contribution is 5.88. The zero-order chi connectivity index (χ0) is 39.4. The third kappa shape index (κ3) is 7.59. The van der Waals surface area contributed by atoms with Crippen LogP contribution < -0.4 is 31.2 Å². The number of hydrogen-bond acceptors (Lipinski definition) is 6. The highest BCUT2D eigenvalue weighted by Gasteiger charge is 2.20. The van der Waals surface area contributed by atoms with Crippen LogP contribution in [0.1, 0.15) is 40.6 Å². The van der Waals surface area contributed by atoms with Crippen LogP contribution in [0.25, 0.3) is 33.2 Å². The van der Waals surface area contributed by atoms with Crippen LogP contribution in [0, 0.1) is 0 Å². The molecule has 0 aliphatic carbocycles. The molecule has 0 spiro atoms. The summed E-state index contributed by atoms with van der Waals surface area (Å²) in [6, 6.07) is 39.1. The van der Waals surface area contributed by atoms with Gasteiger partial charge in [0.1, 0.15) is 24.7 Å². The average Bonchev–Trinajstić information content (AvgIpc) is 3.80. The number of pyridine rings is 2. The molecule has 6 heterocycles. The van der Waals surface area contributed by atoms with E-state index in [-0.39, 0.29) is 11.1 Å². The molecule has 2 aliphatic rings. The first-order valence-electron chi connectivity index (χ1n) is 20.0. The summed E-state index contributed by atoms with van der Waals surface area (Å²) in [5.41, 5.74) is 11.4. The maximum atomic E-state index is 12.8. The van der Waals surface area contributed by atoms with Gasteiger partial charge in [-0.05, 0) is 65.6 Å². The molecule has 0 saturated heterocycles. The number of ether oxygens (including phenoxy) is 2. The fourth-order valence-corrected chi connectivity index (χ4v) is 8.18. The van der Waals surface area contributed by atoms with E-state index in [0.717, 1.165) is 73.6 Å². The SMILES string of the molecule is CCn1c2c(c3ccc(-n4ccc(OCc5ccccc5)cc4=O)cc31)CNCC2.O=c1cc(OCc2ccccc2)ccn1-c1ccc2c3c([nH]c2c1)CCNC3. The molecule has 8 aromatic rings. The van der Waals surface area contributed by atoms with Gasteiger partial charge in [-0.15, -0.1) is 0 Å². The number of rotatable bonds is 9. The topological polar surface area (TPSA) is 107 Å². The minimum atomic E-state index is -0.108. The maximum Gasteiger partial charge on any atom is 0.258 e. The van der Waals surface area contributed by atoms with E-state index in [1.807, 2.05) is 91.0 Å². The fraction of sp³-hybridized carbons (Fsp3) is 0.208. The van der Waals surface area contributed by atoms with E-state index in [1.54, 1.807) is 27.6 Å². The van der Waals surface area contributed by atoms with Crippen molar-refractivity contribution in [1.29, 1.82) is 0 Å². The predicted octanol–water partition coefficient (Wildman–Crippen LogP) is 7.58. The van der Waals surface area contributed by atoms with Gasteiger partial charge in [-0.3, -0.25) is 18.7 Å². The standard InChI is InChI=1S/C25H25N3O2.C23H21N3O2/c1-2-27-23-10-12-26-16-22(23)21-9-8-19(14-24(21)27)28-13-11-20(15-25(28)29)30-17-18-6-4-3-5-7-18;27-23-13-18(28-15-16-4-2-1-3-5-16)9-11-26(23)17-6-7-19-20-14-24-10-8-21(20)25-22(19)12-17/h3-9,11,13-15,26H,2,10,12,16-17H2,1H3;1-7,9,11-13,24-25H,8,10,14-15H2. The summed E-state index contributed by atoms with van der Waals surface area (Å²) in [6.45, 7) is 7.80. The third-order valence-electron chi connectivity index (χ3n) is 11.1. The van der Waals surface area contributed by atoms with Crippen LogP contribution in [-0.2, 0) is 45.7 Å². The lowest BCUT2D eigenvalue weighted by Gasteiger charge is -2.16. The van der Waals surface area contributed by atoms with Crippen molar-refractivity contribution in [1.82, 2.24) is 29.3 Å². The van der Waals surface area contributed by atoms with E-state index in [0.29, 0.717) is 24.7 Å². The Balaban J connectivity index is 0.000000151. The van der Waals surface area contributed by atoms with Gasteiger partial charge in [-0.25, -0.2) is 0 Å². The zero-order valence-electron chi connectivity index (χ0n) is 32.5. The summed E-state index contributed by atoms with van der Waals surface area (Å²) in [6.07, 6.45) is 5.62. The molecule has 3 N–H and O–H groups in total. The van der Waals surface area contributed by atoms with E-state index in [1.165, 1.54) is 44.9 Å². The Morgan fingerprint density at radius 3 is 1.78 bits per heavy atom. The van der Waals surface area contributed by atoms with Gasteiger partial charge in [0.15, 0.2) is 0 Å². The normalized spacial score (nSPS) is 13.4.